The first-order valence-corrected chi connectivity index (χ1v) is 7.79. The molecule has 0 heterocycles. The third kappa shape index (κ3) is 4.67. The lowest BCUT2D eigenvalue weighted by molar-refractivity contribution is -0.125. The molecule has 0 radical (unpaired) electrons. The summed E-state index contributed by atoms with van der Waals surface area (Å²) in [5, 5.41) is 0. The summed E-state index contributed by atoms with van der Waals surface area (Å²) in [5.41, 5.74) is 6.38. The monoisotopic (exact) mass is 340 g/mol. The van der Waals surface area contributed by atoms with Gasteiger partial charge in [-0.2, -0.15) is 0 Å². The normalized spacial score (nSPS) is 11.4. The fourth-order valence-electron chi connectivity index (χ4n) is 2.26. The number of esters is 1. The summed E-state index contributed by atoms with van der Waals surface area (Å²) in [6, 6.07) is 15.8. The molecule has 2 rings (SSSR count). The number of primary amides is 1. The number of amides is 2. The number of hydrogen-bond acceptors (Lipinski definition) is 4. The maximum atomic E-state index is 12.7. The lowest BCUT2D eigenvalue weighted by Gasteiger charge is -2.19. The molecule has 2 N–H and O–H groups in total. The highest BCUT2D eigenvalue weighted by Gasteiger charge is 2.23. The summed E-state index contributed by atoms with van der Waals surface area (Å²) in [6.07, 6.45) is -1.07. The minimum absolute atomic E-state index is 0.0977. The van der Waals surface area contributed by atoms with E-state index in [1.807, 2.05) is 30.3 Å². The Balaban J connectivity index is 2.20. The first kappa shape index (κ1) is 18.2. The van der Waals surface area contributed by atoms with Crippen LogP contribution in [-0.4, -0.2) is 35.8 Å². The Bertz CT molecular complexity index is 774. The lowest BCUT2D eigenvalue weighted by atomic mass is 10.1. The average molecular weight is 340 g/mol. The Kier molecular flexibility index (Phi) is 5.89. The van der Waals surface area contributed by atoms with Crippen molar-refractivity contribution >= 4 is 17.8 Å². The Morgan fingerprint density at radius 2 is 1.56 bits per heavy atom. The van der Waals surface area contributed by atoms with Crippen molar-refractivity contribution in [3.8, 4) is 0 Å². The summed E-state index contributed by atoms with van der Waals surface area (Å²) >= 11 is 0. The number of carbonyl (C=O) groups is 3. The second-order valence-electron chi connectivity index (χ2n) is 5.64. The highest BCUT2D eigenvalue weighted by molar-refractivity contribution is 6.05. The number of rotatable bonds is 6. The molecule has 0 aliphatic carbocycles. The summed E-state index contributed by atoms with van der Waals surface area (Å²) in [4.78, 5) is 37.6. The Hall–Kier alpha value is -3.15. The molecule has 25 heavy (non-hydrogen) atoms. The van der Waals surface area contributed by atoms with Gasteiger partial charge in [-0.05, 0) is 24.6 Å². The van der Waals surface area contributed by atoms with E-state index < -0.39 is 18.0 Å². The summed E-state index contributed by atoms with van der Waals surface area (Å²) in [5.74, 6) is -1.83. The molecule has 2 aromatic carbocycles. The molecule has 0 aliphatic rings. The fourth-order valence-corrected chi connectivity index (χ4v) is 2.26. The molecule has 0 saturated heterocycles. The maximum absolute atomic E-state index is 12.7. The number of hydrogen-bond donors (Lipinski definition) is 1. The van der Waals surface area contributed by atoms with Gasteiger partial charge in [0.05, 0.1) is 11.1 Å². The molecular weight excluding hydrogens is 320 g/mol. The van der Waals surface area contributed by atoms with E-state index in [2.05, 4.69) is 0 Å². The molecule has 1 atom stereocenters. The van der Waals surface area contributed by atoms with Gasteiger partial charge in [0.1, 0.15) is 0 Å². The van der Waals surface area contributed by atoms with Crippen LogP contribution in [0.1, 0.15) is 33.2 Å². The second kappa shape index (κ2) is 8.10. The minimum Gasteiger partial charge on any atom is -0.449 e. The van der Waals surface area contributed by atoms with Crippen LogP contribution in [0.4, 0.5) is 0 Å². The van der Waals surface area contributed by atoms with Crippen LogP contribution in [0.2, 0.25) is 0 Å². The molecule has 0 aliphatic heterocycles. The number of carbonyl (C=O) groups excluding carboxylic acids is 3. The Morgan fingerprint density at radius 3 is 2.16 bits per heavy atom. The first-order chi connectivity index (χ1) is 11.9. The predicted octanol–water partition coefficient (Wildman–Crippen LogP) is 1.99. The van der Waals surface area contributed by atoms with Gasteiger partial charge in [0.15, 0.2) is 6.10 Å². The number of nitrogens with two attached hydrogens (primary N) is 1. The van der Waals surface area contributed by atoms with Gasteiger partial charge in [-0.1, -0.05) is 42.5 Å². The van der Waals surface area contributed by atoms with Gasteiger partial charge in [0.25, 0.3) is 11.8 Å². The van der Waals surface area contributed by atoms with Crippen molar-refractivity contribution in [1.29, 1.82) is 0 Å². The smallest absolute Gasteiger partial charge is 0.339 e. The van der Waals surface area contributed by atoms with Crippen LogP contribution in [0.3, 0.4) is 0 Å². The molecular formula is C19H20N2O4. The molecule has 0 saturated carbocycles. The topological polar surface area (TPSA) is 89.7 Å². The van der Waals surface area contributed by atoms with Gasteiger partial charge in [-0.3, -0.25) is 9.59 Å². The standard InChI is InChI=1S/C19H20N2O4/c1-13(17(20)22)25-19(24)16-11-7-6-10-15(16)18(23)21(2)12-14-8-4-3-5-9-14/h3-11,13H,12H2,1-2H3,(H2,20,22)/t13-/m1/s1. The minimum atomic E-state index is -1.07. The number of nitrogens with zero attached hydrogens (tertiary/aromatic N) is 1. The molecule has 0 fully saturated rings. The molecule has 2 aromatic rings. The van der Waals surface area contributed by atoms with E-state index in [1.54, 1.807) is 25.2 Å². The van der Waals surface area contributed by atoms with E-state index in [4.69, 9.17) is 10.5 Å². The van der Waals surface area contributed by atoms with Gasteiger partial charge >= 0.3 is 5.97 Å². The van der Waals surface area contributed by atoms with Crippen molar-refractivity contribution in [2.45, 2.75) is 19.6 Å². The van der Waals surface area contributed by atoms with Crippen molar-refractivity contribution in [3.05, 3.63) is 71.3 Å². The fraction of sp³-hybridized carbons (Fsp3) is 0.211. The summed E-state index contributed by atoms with van der Waals surface area (Å²) < 4.78 is 5.00. The molecule has 130 valence electrons. The Morgan fingerprint density at radius 1 is 1.00 bits per heavy atom. The number of benzene rings is 2. The van der Waals surface area contributed by atoms with Crippen LogP contribution in [0.15, 0.2) is 54.6 Å². The average Bonchev–Trinajstić information content (AvgIpc) is 2.61. The van der Waals surface area contributed by atoms with E-state index in [-0.39, 0.29) is 17.0 Å². The van der Waals surface area contributed by atoms with Crippen LogP contribution in [0.5, 0.6) is 0 Å². The third-order valence-electron chi connectivity index (χ3n) is 3.67. The van der Waals surface area contributed by atoms with E-state index in [1.165, 1.54) is 17.9 Å². The summed E-state index contributed by atoms with van der Waals surface area (Å²) in [7, 11) is 1.66. The van der Waals surface area contributed by atoms with E-state index in [0.29, 0.717) is 6.54 Å². The highest BCUT2D eigenvalue weighted by atomic mass is 16.5. The molecule has 6 heteroatoms. The summed E-state index contributed by atoms with van der Waals surface area (Å²) in [6.45, 7) is 1.78. The maximum Gasteiger partial charge on any atom is 0.339 e. The molecule has 0 spiro atoms. The second-order valence-corrected chi connectivity index (χ2v) is 5.64. The van der Waals surface area contributed by atoms with Crippen molar-refractivity contribution in [2.24, 2.45) is 5.73 Å². The van der Waals surface area contributed by atoms with Gasteiger partial charge in [-0.25, -0.2) is 4.79 Å². The van der Waals surface area contributed by atoms with Crippen molar-refractivity contribution in [1.82, 2.24) is 4.90 Å². The lowest BCUT2D eigenvalue weighted by Crippen LogP contribution is -2.32. The highest BCUT2D eigenvalue weighted by Crippen LogP contribution is 2.15. The van der Waals surface area contributed by atoms with Crippen molar-refractivity contribution < 1.29 is 19.1 Å². The van der Waals surface area contributed by atoms with Gasteiger partial charge in [0, 0.05) is 13.6 Å². The zero-order valence-corrected chi connectivity index (χ0v) is 14.1. The molecule has 6 nitrogen and oxygen atoms in total. The van der Waals surface area contributed by atoms with Crippen LogP contribution in [-0.2, 0) is 16.1 Å². The first-order valence-electron chi connectivity index (χ1n) is 7.79. The van der Waals surface area contributed by atoms with Crippen LogP contribution >= 0.6 is 0 Å². The quantitative estimate of drug-likeness (QED) is 0.814. The van der Waals surface area contributed by atoms with Gasteiger partial charge < -0.3 is 15.4 Å². The molecule has 0 aromatic heterocycles. The molecule has 0 unspecified atom stereocenters. The van der Waals surface area contributed by atoms with Crippen molar-refractivity contribution in [2.75, 3.05) is 7.05 Å². The largest absolute Gasteiger partial charge is 0.449 e. The third-order valence-corrected chi connectivity index (χ3v) is 3.67. The van der Waals surface area contributed by atoms with Crippen LogP contribution < -0.4 is 5.73 Å². The van der Waals surface area contributed by atoms with E-state index in [9.17, 15) is 14.4 Å². The van der Waals surface area contributed by atoms with Gasteiger partial charge in [-0.15, -0.1) is 0 Å². The predicted molar refractivity (Wildman–Crippen MR) is 92.8 cm³/mol. The molecule has 0 bridgehead atoms. The van der Waals surface area contributed by atoms with Crippen LogP contribution in [0, 0.1) is 0 Å². The van der Waals surface area contributed by atoms with Gasteiger partial charge in [0.2, 0.25) is 0 Å². The Labute approximate surface area is 146 Å². The van der Waals surface area contributed by atoms with E-state index in [0.717, 1.165) is 5.56 Å². The zero-order chi connectivity index (χ0) is 18.4. The van der Waals surface area contributed by atoms with Crippen molar-refractivity contribution in [3.63, 3.8) is 0 Å². The van der Waals surface area contributed by atoms with Crippen LogP contribution in [0.25, 0.3) is 0 Å². The zero-order valence-electron chi connectivity index (χ0n) is 14.1. The van der Waals surface area contributed by atoms with E-state index >= 15 is 0 Å². The number of ether oxygens (including phenoxy) is 1. The SMILES string of the molecule is C[C@@H](OC(=O)c1ccccc1C(=O)N(C)Cc1ccccc1)C(N)=O. The molecule has 2 amide bonds.